The number of carboxylic acids is 1. The van der Waals surface area contributed by atoms with E-state index >= 15 is 0 Å². The van der Waals surface area contributed by atoms with Crippen molar-refractivity contribution in [3.8, 4) is 12.3 Å². The van der Waals surface area contributed by atoms with Gasteiger partial charge in [-0.15, -0.1) is 18.2 Å². The molecule has 2 atom stereocenters. The Morgan fingerprint density at radius 3 is 2.80 bits per heavy atom. The van der Waals surface area contributed by atoms with Crippen LogP contribution >= 0.6 is 34.7 Å². The van der Waals surface area contributed by atoms with Crippen LogP contribution < -0.4 is 20.7 Å². The number of aromatic nitrogens is 2. The number of halogens is 1. The van der Waals surface area contributed by atoms with Crippen molar-refractivity contribution < 1.29 is 28.9 Å². The van der Waals surface area contributed by atoms with Crippen LogP contribution in [0.1, 0.15) is 5.69 Å². The summed E-state index contributed by atoms with van der Waals surface area (Å²) >= 11 is 8.37. The average molecular weight is 533 g/mol. The van der Waals surface area contributed by atoms with Crippen molar-refractivity contribution in [2.75, 3.05) is 18.1 Å². The van der Waals surface area contributed by atoms with E-state index in [4.69, 9.17) is 28.6 Å². The molecular weight excluding hydrogens is 516 g/mol. The van der Waals surface area contributed by atoms with Crippen molar-refractivity contribution in [2.24, 2.45) is 5.16 Å². The number of amides is 2. The third-order valence-electron chi connectivity index (χ3n) is 5.02. The fourth-order valence-electron chi connectivity index (χ4n) is 3.55. The van der Waals surface area contributed by atoms with Crippen molar-refractivity contribution in [3.63, 3.8) is 0 Å². The van der Waals surface area contributed by atoms with Crippen LogP contribution in [0.3, 0.4) is 0 Å². The first-order valence-corrected chi connectivity index (χ1v) is 12.2. The predicted molar refractivity (Wildman–Crippen MR) is 127 cm³/mol. The summed E-state index contributed by atoms with van der Waals surface area (Å²) in [6.45, 7) is 0.0579. The molecule has 2 aliphatic rings. The molecule has 0 aliphatic carbocycles. The lowest BCUT2D eigenvalue weighted by molar-refractivity contribution is -0.689. The molecule has 11 nitrogen and oxygen atoms in total. The van der Waals surface area contributed by atoms with Crippen molar-refractivity contribution in [3.05, 3.63) is 51.9 Å². The SMILES string of the molecule is C#CCON=C(C(=O)NC1C(=O)N2C(C(=O)[O-])=C(C[n+]3ccccc3)CS[C@@H]12)c1nc(N)sc1Cl. The summed E-state index contributed by atoms with van der Waals surface area (Å²) in [5, 5.41) is 17.7. The van der Waals surface area contributed by atoms with Crippen LogP contribution in [-0.2, 0) is 25.8 Å². The van der Waals surface area contributed by atoms with Crippen LogP contribution in [0.5, 0.6) is 0 Å². The van der Waals surface area contributed by atoms with Gasteiger partial charge in [-0.2, -0.15) is 0 Å². The van der Waals surface area contributed by atoms with Crippen molar-refractivity contribution in [1.29, 1.82) is 0 Å². The van der Waals surface area contributed by atoms with E-state index in [1.165, 1.54) is 11.8 Å². The summed E-state index contributed by atoms with van der Waals surface area (Å²) in [7, 11) is 0. The molecule has 4 heterocycles. The molecule has 1 fully saturated rings. The number of carbonyl (C=O) groups is 3. The number of rotatable bonds is 8. The number of nitrogens with one attached hydrogen (secondary N) is 1. The molecule has 0 aromatic carbocycles. The summed E-state index contributed by atoms with van der Waals surface area (Å²) in [5.74, 6) is -0.336. The zero-order valence-corrected chi connectivity index (χ0v) is 20.2. The lowest BCUT2D eigenvalue weighted by Gasteiger charge is -2.50. The van der Waals surface area contributed by atoms with Gasteiger partial charge >= 0.3 is 0 Å². The summed E-state index contributed by atoms with van der Waals surface area (Å²) in [6.07, 6.45) is 8.72. The Bertz CT molecular complexity index is 1290. The predicted octanol–water partition coefficient (Wildman–Crippen LogP) is -0.876. The molecular formula is C21H17ClN6O5S2. The highest BCUT2D eigenvalue weighted by molar-refractivity contribution is 8.00. The van der Waals surface area contributed by atoms with E-state index in [-0.39, 0.29) is 39.7 Å². The smallest absolute Gasteiger partial charge is 0.276 e. The lowest BCUT2D eigenvalue weighted by atomic mass is 10.0. The number of carbonyl (C=O) groups excluding carboxylic acids is 3. The highest BCUT2D eigenvalue weighted by atomic mass is 35.5. The lowest BCUT2D eigenvalue weighted by Crippen LogP contribution is -2.71. The third kappa shape index (κ3) is 4.95. The molecule has 0 spiro atoms. The highest BCUT2D eigenvalue weighted by Gasteiger charge is 2.53. The molecule has 0 radical (unpaired) electrons. The Morgan fingerprint density at radius 2 is 2.17 bits per heavy atom. The fourth-order valence-corrected chi connectivity index (χ4v) is 5.82. The minimum Gasteiger partial charge on any atom is -0.543 e. The first kappa shape index (κ1) is 24.5. The number of carboxylic acid groups (broad SMARTS) is 1. The third-order valence-corrected chi connectivity index (χ3v) is 7.45. The number of thiazole rings is 1. The zero-order valence-electron chi connectivity index (χ0n) is 17.8. The van der Waals surface area contributed by atoms with Crippen molar-refractivity contribution >= 4 is 63.3 Å². The number of nitrogen functional groups attached to an aromatic ring is 1. The van der Waals surface area contributed by atoms with Gasteiger partial charge in [0, 0.05) is 23.5 Å². The van der Waals surface area contributed by atoms with Crippen LogP contribution in [-0.4, -0.2) is 57.2 Å². The number of hydrogen-bond acceptors (Lipinski definition) is 10. The number of aliphatic carboxylic acids is 1. The van der Waals surface area contributed by atoms with E-state index in [1.54, 1.807) is 17.0 Å². The van der Waals surface area contributed by atoms with E-state index in [0.717, 1.165) is 16.2 Å². The molecule has 4 rings (SSSR count). The Hall–Kier alpha value is -3.60. The molecule has 180 valence electrons. The molecule has 0 saturated carbocycles. The fraction of sp³-hybridized carbons (Fsp3) is 0.238. The molecule has 1 saturated heterocycles. The Balaban J connectivity index is 1.55. The maximum absolute atomic E-state index is 13.0. The zero-order chi connectivity index (χ0) is 25.1. The molecule has 2 aromatic rings. The van der Waals surface area contributed by atoms with Gasteiger partial charge in [-0.05, 0) is 0 Å². The minimum atomic E-state index is -1.46. The van der Waals surface area contributed by atoms with E-state index in [2.05, 4.69) is 21.4 Å². The molecule has 1 unspecified atom stereocenters. The van der Waals surface area contributed by atoms with E-state index in [1.807, 2.05) is 18.2 Å². The van der Waals surface area contributed by atoms with Crippen LogP contribution in [0.2, 0.25) is 4.34 Å². The van der Waals surface area contributed by atoms with Gasteiger partial charge in [0.15, 0.2) is 36.4 Å². The first-order chi connectivity index (χ1) is 16.8. The second kappa shape index (κ2) is 10.3. The maximum Gasteiger partial charge on any atom is 0.276 e. The van der Waals surface area contributed by atoms with Gasteiger partial charge in [0.05, 0.1) is 11.7 Å². The van der Waals surface area contributed by atoms with Gasteiger partial charge < -0.3 is 25.8 Å². The number of β-lactam (4-membered cyclic amide) rings is 1. The summed E-state index contributed by atoms with van der Waals surface area (Å²) in [4.78, 5) is 48.0. The normalized spacial score (nSPS) is 19.5. The monoisotopic (exact) mass is 532 g/mol. The number of nitrogens with zero attached hydrogens (tertiary/aromatic N) is 4. The van der Waals surface area contributed by atoms with Gasteiger partial charge in [0.2, 0.25) is 0 Å². The highest BCUT2D eigenvalue weighted by Crippen LogP contribution is 2.40. The van der Waals surface area contributed by atoms with Gasteiger partial charge in [0.25, 0.3) is 11.8 Å². The van der Waals surface area contributed by atoms with Crippen LogP contribution in [0.25, 0.3) is 0 Å². The molecule has 2 amide bonds. The maximum atomic E-state index is 13.0. The first-order valence-electron chi connectivity index (χ1n) is 10.0. The average Bonchev–Trinajstić information content (AvgIpc) is 3.17. The molecule has 14 heteroatoms. The van der Waals surface area contributed by atoms with Gasteiger partial charge in [-0.1, -0.05) is 40.1 Å². The molecule has 3 N–H and O–H groups in total. The van der Waals surface area contributed by atoms with Crippen LogP contribution in [0.15, 0.2) is 47.0 Å². The van der Waals surface area contributed by atoms with Crippen molar-refractivity contribution in [1.82, 2.24) is 15.2 Å². The molecule has 2 aromatic heterocycles. The van der Waals surface area contributed by atoms with E-state index < -0.39 is 29.2 Å². The number of oxime groups is 1. The number of anilines is 1. The van der Waals surface area contributed by atoms with Gasteiger partial charge in [-0.25, -0.2) is 9.55 Å². The molecule has 0 bridgehead atoms. The van der Waals surface area contributed by atoms with Gasteiger partial charge in [-0.3, -0.25) is 14.5 Å². The molecule has 2 aliphatic heterocycles. The Kier molecular flexibility index (Phi) is 7.25. The van der Waals surface area contributed by atoms with Gasteiger partial charge in [0.1, 0.15) is 21.4 Å². The Morgan fingerprint density at radius 1 is 1.43 bits per heavy atom. The number of terminal acetylenes is 1. The van der Waals surface area contributed by atoms with E-state index in [9.17, 15) is 19.5 Å². The summed E-state index contributed by atoms with van der Waals surface area (Å²) in [5.41, 5.74) is 5.65. The second-order valence-electron chi connectivity index (χ2n) is 7.24. The standard InChI is InChI=1S/C21H17ClN6O5S2/c1-2-8-33-26-13(12-16(22)35-21(23)25-12)17(29)24-14-18(30)28-15(20(31)32)11(10-34-19(14)28)9-27-6-4-3-5-7-27/h1,3-7,14,19H,8-10H2,(H3-,23,24,25,29,31,32)/t14?,19-/m0/s1. The second-order valence-corrected chi connectivity index (χ2v) is 9.98. The van der Waals surface area contributed by atoms with E-state index in [0.29, 0.717) is 11.3 Å². The summed E-state index contributed by atoms with van der Waals surface area (Å²) < 4.78 is 1.89. The number of pyridine rings is 1. The molecule has 35 heavy (non-hydrogen) atoms. The summed E-state index contributed by atoms with van der Waals surface area (Å²) in [6, 6.07) is 4.45. The van der Waals surface area contributed by atoms with Crippen molar-refractivity contribution in [2.45, 2.75) is 18.0 Å². The topological polar surface area (TPSA) is 154 Å². The quantitative estimate of drug-likeness (QED) is 0.111. The van der Waals surface area contributed by atoms with Crippen LogP contribution in [0.4, 0.5) is 5.13 Å². The number of thioether (sulfide) groups is 1. The minimum absolute atomic E-state index is 0.0268. The number of hydrogen-bond donors (Lipinski definition) is 2. The Labute approximate surface area is 212 Å². The number of nitrogens with two attached hydrogens (primary N) is 1. The largest absolute Gasteiger partial charge is 0.543 e. The number of fused-ring (bicyclic) bond motifs is 1. The van der Waals surface area contributed by atoms with Crippen LogP contribution in [0, 0.1) is 12.3 Å².